The molecule has 1 unspecified atom stereocenters. The lowest BCUT2D eigenvalue weighted by Crippen LogP contribution is -2.21. The standard InChI is InChI=1S/C21H21N3O2/c1-3-24(4-2)15-10-9-14-11-17(21(25)26-19(14)12-15)20-16-7-5-6-8-18(16)22-13-23-20/h5-13,20H,3-4H2,1-2H3,(H,22,23). The molecule has 2 heterocycles. The van der Waals surface area contributed by atoms with Crippen molar-refractivity contribution < 1.29 is 4.42 Å². The molecule has 3 aromatic rings. The van der Waals surface area contributed by atoms with E-state index in [1.165, 1.54) is 0 Å². The minimum Gasteiger partial charge on any atom is -0.422 e. The maximum Gasteiger partial charge on any atom is 0.342 e. The lowest BCUT2D eigenvalue weighted by molar-refractivity contribution is 0.545. The molecule has 0 fully saturated rings. The number of anilines is 2. The summed E-state index contributed by atoms with van der Waals surface area (Å²) in [6.45, 7) is 6.04. The van der Waals surface area contributed by atoms with Gasteiger partial charge in [0.05, 0.1) is 11.9 Å². The maximum atomic E-state index is 12.7. The van der Waals surface area contributed by atoms with Gasteiger partial charge in [-0.3, -0.25) is 4.99 Å². The molecule has 0 spiro atoms. The molecule has 4 rings (SSSR count). The zero-order valence-corrected chi connectivity index (χ0v) is 14.9. The number of fused-ring (bicyclic) bond motifs is 2. The molecule has 0 saturated carbocycles. The number of nitrogens with zero attached hydrogens (tertiary/aromatic N) is 2. The Morgan fingerprint density at radius 3 is 2.69 bits per heavy atom. The normalized spacial score (nSPS) is 15.5. The molecule has 0 saturated heterocycles. The van der Waals surface area contributed by atoms with Gasteiger partial charge in [0.25, 0.3) is 0 Å². The lowest BCUT2D eigenvalue weighted by Gasteiger charge is -2.22. The summed E-state index contributed by atoms with van der Waals surface area (Å²) in [6, 6.07) is 15.4. The van der Waals surface area contributed by atoms with Gasteiger partial charge in [0.1, 0.15) is 11.6 Å². The van der Waals surface area contributed by atoms with Crippen LogP contribution < -0.4 is 15.8 Å². The van der Waals surface area contributed by atoms with Gasteiger partial charge in [-0.2, -0.15) is 0 Å². The highest BCUT2D eigenvalue weighted by Crippen LogP contribution is 2.33. The molecule has 26 heavy (non-hydrogen) atoms. The number of aliphatic imine (C=N–C) groups is 1. The van der Waals surface area contributed by atoms with Gasteiger partial charge >= 0.3 is 5.63 Å². The molecule has 132 valence electrons. The number of nitrogens with one attached hydrogen (secondary N) is 1. The predicted octanol–water partition coefficient (Wildman–Crippen LogP) is 4.18. The van der Waals surface area contributed by atoms with Gasteiger partial charge in [0, 0.05) is 41.5 Å². The van der Waals surface area contributed by atoms with E-state index in [9.17, 15) is 4.79 Å². The summed E-state index contributed by atoms with van der Waals surface area (Å²) in [5, 5.41) is 4.03. The quantitative estimate of drug-likeness (QED) is 0.719. The lowest BCUT2D eigenvalue weighted by atomic mass is 9.97. The monoisotopic (exact) mass is 347 g/mol. The molecule has 5 heteroatoms. The van der Waals surface area contributed by atoms with Crippen molar-refractivity contribution in [2.45, 2.75) is 19.9 Å². The van der Waals surface area contributed by atoms with Crippen molar-refractivity contribution in [3.8, 4) is 0 Å². The van der Waals surface area contributed by atoms with Gasteiger partial charge in [-0.05, 0) is 38.1 Å². The van der Waals surface area contributed by atoms with Crippen molar-refractivity contribution in [1.29, 1.82) is 0 Å². The minimum atomic E-state index is -0.351. The first-order valence-electron chi connectivity index (χ1n) is 8.91. The molecule has 0 bridgehead atoms. The molecule has 1 atom stereocenters. The first kappa shape index (κ1) is 16.4. The topological polar surface area (TPSA) is 57.8 Å². The van der Waals surface area contributed by atoms with Crippen molar-refractivity contribution in [3.05, 3.63) is 70.1 Å². The highest BCUT2D eigenvalue weighted by atomic mass is 16.4. The SMILES string of the molecule is CCN(CC)c1ccc2cc(C3N=CNc4ccccc43)c(=O)oc2c1. The average Bonchev–Trinajstić information content (AvgIpc) is 2.68. The van der Waals surface area contributed by atoms with E-state index in [1.54, 1.807) is 6.34 Å². The first-order valence-corrected chi connectivity index (χ1v) is 8.91. The third-order valence-corrected chi connectivity index (χ3v) is 4.87. The van der Waals surface area contributed by atoms with E-state index in [4.69, 9.17) is 4.42 Å². The second-order valence-corrected chi connectivity index (χ2v) is 6.30. The maximum absolute atomic E-state index is 12.7. The van der Waals surface area contributed by atoms with Gasteiger partial charge in [-0.1, -0.05) is 18.2 Å². The van der Waals surface area contributed by atoms with Crippen LogP contribution >= 0.6 is 0 Å². The minimum absolute atomic E-state index is 0.340. The molecular formula is C21H21N3O2. The molecule has 0 amide bonds. The number of benzene rings is 2. The van der Waals surface area contributed by atoms with Crippen molar-refractivity contribution in [3.63, 3.8) is 0 Å². The molecule has 1 aliphatic rings. The van der Waals surface area contributed by atoms with Crippen LogP contribution in [0.5, 0.6) is 0 Å². The summed E-state index contributed by atoms with van der Waals surface area (Å²) in [5.74, 6) is 0. The second-order valence-electron chi connectivity index (χ2n) is 6.30. The zero-order chi connectivity index (χ0) is 18.1. The Bertz CT molecular complexity index is 1030. The zero-order valence-electron chi connectivity index (χ0n) is 14.9. The second kappa shape index (κ2) is 6.67. The van der Waals surface area contributed by atoms with Crippen LogP contribution in [-0.2, 0) is 0 Å². The van der Waals surface area contributed by atoms with Gasteiger partial charge in [-0.25, -0.2) is 4.79 Å². The third kappa shape index (κ3) is 2.75. The molecule has 1 aromatic heterocycles. The van der Waals surface area contributed by atoms with Gasteiger partial charge in [-0.15, -0.1) is 0 Å². The van der Waals surface area contributed by atoms with Crippen LogP contribution in [-0.4, -0.2) is 19.4 Å². The van der Waals surface area contributed by atoms with Gasteiger partial charge in [0.15, 0.2) is 0 Å². The van der Waals surface area contributed by atoms with Crippen LogP contribution in [0, 0.1) is 0 Å². The van der Waals surface area contributed by atoms with Crippen molar-refractivity contribution in [2.75, 3.05) is 23.3 Å². The van der Waals surface area contributed by atoms with Crippen LogP contribution in [0.4, 0.5) is 11.4 Å². The Morgan fingerprint density at radius 2 is 1.88 bits per heavy atom. The fourth-order valence-corrected chi connectivity index (χ4v) is 3.47. The molecule has 2 aromatic carbocycles. The van der Waals surface area contributed by atoms with Gasteiger partial charge < -0.3 is 14.6 Å². The fourth-order valence-electron chi connectivity index (χ4n) is 3.47. The number of para-hydroxylation sites is 1. The largest absolute Gasteiger partial charge is 0.422 e. The number of rotatable bonds is 4. The molecule has 1 N–H and O–H groups in total. The van der Waals surface area contributed by atoms with Crippen LogP contribution in [0.1, 0.15) is 31.0 Å². The molecule has 0 aliphatic carbocycles. The van der Waals surface area contributed by atoms with Crippen molar-refractivity contribution in [2.24, 2.45) is 4.99 Å². The van der Waals surface area contributed by atoms with E-state index in [0.29, 0.717) is 11.1 Å². The Balaban J connectivity index is 1.81. The summed E-state index contributed by atoms with van der Waals surface area (Å²) >= 11 is 0. The summed E-state index contributed by atoms with van der Waals surface area (Å²) in [6.07, 6.45) is 1.64. The average molecular weight is 347 g/mol. The highest BCUT2D eigenvalue weighted by Gasteiger charge is 2.23. The van der Waals surface area contributed by atoms with E-state index in [0.717, 1.165) is 35.4 Å². The summed E-state index contributed by atoms with van der Waals surface area (Å²) < 4.78 is 5.66. The predicted molar refractivity (Wildman–Crippen MR) is 106 cm³/mol. The smallest absolute Gasteiger partial charge is 0.342 e. The Hall–Kier alpha value is -3.08. The van der Waals surface area contributed by atoms with E-state index in [2.05, 4.69) is 35.1 Å². The van der Waals surface area contributed by atoms with Crippen molar-refractivity contribution in [1.82, 2.24) is 0 Å². The highest BCUT2D eigenvalue weighted by molar-refractivity contribution is 5.83. The van der Waals surface area contributed by atoms with Crippen molar-refractivity contribution >= 4 is 28.7 Å². The summed E-state index contributed by atoms with van der Waals surface area (Å²) in [5.41, 5.74) is 3.81. The molecular weight excluding hydrogens is 326 g/mol. The molecule has 5 nitrogen and oxygen atoms in total. The van der Waals surface area contributed by atoms with Gasteiger partial charge in [0.2, 0.25) is 0 Å². The number of hydrogen-bond donors (Lipinski definition) is 1. The summed E-state index contributed by atoms with van der Waals surface area (Å²) in [7, 11) is 0. The molecule has 0 radical (unpaired) electrons. The van der Waals surface area contributed by atoms with Crippen LogP contribution in [0.15, 0.2) is 62.7 Å². The fraction of sp³-hybridized carbons (Fsp3) is 0.238. The third-order valence-electron chi connectivity index (χ3n) is 4.87. The first-order chi connectivity index (χ1) is 12.7. The Kier molecular flexibility index (Phi) is 4.21. The number of hydrogen-bond acceptors (Lipinski definition) is 5. The summed E-state index contributed by atoms with van der Waals surface area (Å²) in [4.78, 5) is 19.4. The molecule has 1 aliphatic heterocycles. The van der Waals surface area contributed by atoms with E-state index >= 15 is 0 Å². The van der Waals surface area contributed by atoms with Crippen LogP contribution in [0.3, 0.4) is 0 Å². The van der Waals surface area contributed by atoms with E-state index in [1.807, 2.05) is 42.5 Å². The van der Waals surface area contributed by atoms with Crippen LogP contribution in [0.25, 0.3) is 11.0 Å². The van der Waals surface area contributed by atoms with E-state index < -0.39 is 0 Å². The van der Waals surface area contributed by atoms with E-state index in [-0.39, 0.29) is 11.7 Å². The van der Waals surface area contributed by atoms with Crippen LogP contribution in [0.2, 0.25) is 0 Å². The Morgan fingerprint density at radius 1 is 1.08 bits per heavy atom. The Labute approximate surface area is 152 Å².